The first-order valence-electron chi connectivity index (χ1n) is 8.23. The molecule has 0 bridgehead atoms. The molecule has 1 N–H and O–H groups in total. The molecule has 2 aromatic carbocycles. The zero-order valence-electron chi connectivity index (χ0n) is 13.3. The van der Waals surface area contributed by atoms with Crippen molar-refractivity contribution in [1.29, 1.82) is 0 Å². The van der Waals surface area contributed by atoms with Crippen LogP contribution in [0.25, 0.3) is 0 Å². The SMILES string of the molecule is O=C(OCc1ccccc1)N1C[C@@H]2[C@H](C1)NO[C@H]2c1ccccc1. The van der Waals surface area contributed by atoms with Crippen LogP contribution in [0.3, 0.4) is 0 Å². The highest BCUT2D eigenvalue weighted by Gasteiger charge is 2.46. The fourth-order valence-corrected chi connectivity index (χ4v) is 3.43. The first-order chi connectivity index (χ1) is 11.8. The number of benzene rings is 2. The summed E-state index contributed by atoms with van der Waals surface area (Å²) in [6.07, 6.45) is -0.287. The van der Waals surface area contributed by atoms with Gasteiger partial charge in [-0.15, -0.1) is 0 Å². The summed E-state index contributed by atoms with van der Waals surface area (Å²) in [5.41, 5.74) is 5.21. The topological polar surface area (TPSA) is 50.8 Å². The van der Waals surface area contributed by atoms with Crippen LogP contribution in [0.2, 0.25) is 0 Å². The Balaban J connectivity index is 1.37. The second-order valence-electron chi connectivity index (χ2n) is 6.28. The van der Waals surface area contributed by atoms with E-state index in [9.17, 15) is 4.79 Å². The van der Waals surface area contributed by atoms with Gasteiger partial charge in [-0.3, -0.25) is 4.84 Å². The summed E-state index contributed by atoms with van der Waals surface area (Å²) in [5, 5.41) is 0. The summed E-state index contributed by atoms with van der Waals surface area (Å²) in [6.45, 7) is 1.56. The second kappa shape index (κ2) is 6.63. The number of rotatable bonds is 3. The van der Waals surface area contributed by atoms with Crippen LogP contribution in [0.4, 0.5) is 4.79 Å². The zero-order valence-corrected chi connectivity index (χ0v) is 13.3. The van der Waals surface area contributed by atoms with Gasteiger partial charge in [0.2, 0.25) is 0 Å². The molecule has 0 unspecified atom stereocenters. The number of ether oxygens (including phenoxy) is 1. The number of hydrogen-bond donors (Lipinski definition) is 1. The molecule has 2 aliphatic rings. The Morgan fingerprint density at radius 3 is 2.54 bits per heavy atom. The molecule has 0 radical (unpaired) electrons. The van der Waals surface area contributed by atoms with Crippen molar-refractivity contribution in [1.82, 2.24) is 10.4 Å². The maximum Gasteiger partial charge on any atom is 0.410 e. The average molecular weight is 324 g/mol. The summed E-state index contributed by atoms with van der Waals surface area (Å²) < 4.78 is 5.44. The van der Waals surface area contributed by atoms with Crippen molar-refractivity contribution in [2.75, 3.05) is 13.1 Å². The number of nitrogens with one attached hydrogen (secondary N) is 1. The standard InChI is InChI=1S/C19H20N2O3/c22-19(23-13-14-7-3-1-4-8-14)21-11-16-17(12-21)20-24-18(16)15-9-5-2-6-10-15/h1-10,16-18,20H,11-13H2/t16-,17+,18+/m1/s1. The summed E-state index contributed by atoms with van der Waals surface area (Å²) in [4.78, 5) is 19.8. The number of hydroxylamine groups is 1. The van der Waals surface area contributed by atoms with Gasteiger partial charge in [0.25, 0.3) is 0 Å². The quantitative estimate of drug-likeness (QED) is 0.943. The smallest absolute Gasteiger partial charge is 0.410 e. The predicted octanol–water partition coefficient (Wildman–Crippen LogP) is 2.90. The number of amides is 1. The molecule has 0 aromatic heterocycles. The van der Waals surface area contributed by atoms with Crippen molar-refractivity contribution in [3.05, 3.63) is 71.8 Å². The van der Waals surface area contributed by atoms with Crippen molar-refractivity contribution in [3.63, 3.8) is 0 Å². The maximum atomic E-state index is 12.3. The summed E-state index contributed by atoms with van der Waals surface area (Å²) >= 11 is 0. The fourth-order valence-electron chi connectivity index (χ4n) is 3.43. The molecule has 0 saturated carbocycles. The minimum Gasteiger partial charge on any atom is -0.445 e. The Hall–Kier alpha value is -2.37. The van der Waals surface area contributed by atoms with Crippen molar-refractivity contribution >= 4 is 6.09 Å². The van der Waals surface area contributed by atoms with Crippen molar-refractivity contribution < 1.29 is 14.4 Å². The van der Waals surface area contributed by atoms with E-state index in [0.29, 0.717) is 19.7 Å². The van der Waals surface area contributed by atoms with Gasteiger partial charge in [0.05, 0.1) is 6.04 Å². The number of carbonyl (C=O) groups is 1. The van der Waals surface area contributed by atoms with E-state index in [1.165, 1.54) is 0 Å². The van der Waals surface area contributed by atoms with Gasteiger partial charge in [0.1, 0.15) is 12.7 Å². The van der Waals surface area contributed by atoms with E-state index < -0.39 is 0 Å². The molecule has 1 amide bonds. The molecule has 5 nitrogen and oxygen atoms in total. The van der Waals surface area contributed by atoms with Gasteiger partial charge in [-0.25, -0.2) is 4.79 Å². The van der Waals surface area contributed by atoms with E-state index >= 15 is 0 Å². The fraction of sp³-hybridized carbons (Fsp3) is 0.316. The largest absolute Gasteiger partial charge is 0.445 e. The van der Waals surface area contributed by atoms with Gasteiger partial charge < -0.3 is 9.64 Å². The summed E-state index contributed by atoms with van der Waals surface area (Å²) in [5.74, 6) is 0.247. The Kier molecular flexibility index (Phi) is 4.19. The monoisotopic (exact) mass is 324 g/mol. The highest BCUT2D eigenvalue weighted by Crippen LogP contribution is 2.37. The van der Waals surface area contributed by atoms with Crippen molar-refractivity contribution in [3.8, 4) is 0 Å². The van der Waals surface area contributed by atoms with Gasteiger partial charge in [-0.2, -0.15) is 5.48 Å². The van der Waals surface area contributed by atoms with Crippen LogP contribution in [0, 0.1) is 5.92 Å². The van der Waals surface area contributed by atoms with Crippen LogP contribution >= 0.6 is 0 Å². The van der Waals surface area contributed by atoms with E-state index in [2.05, 4.69) is 17.6 Å². The lowest BCUT2D eigenvalue weighted by molar-refractivity contribution is 0.00497. The first kappa shape index (κ1) is 15.2. The van der Waals surface area contributed by atoms with Crippen molar-refractivity contribution in [2.24, 2.45) is 5.92 Å². The Labute approximate surface area is 141 Å². The molecule has 3 atom stereocenters. The Morgan fingerprint density at radius 2 is 1.79 bits per heavy atom. The lowest BCUT2D eigenvalue weighted by Gasteiger charge is -2.20. The molecule has 2 aliphatic heterocycles. The third kappa shape index (κ3) is 3.00. The maximum absolute atomic E-state index is 12.3. The third-order valence-electron chi connectivity index (χ3n) is 4.69. The summed E-state index contributed by atoms with van der Waals surface area (Å²) in [7, 11) is 0. The number of likely N-dealkylation sites (tertiary alicyclic amines) is 1. The molecule has 124 valence electrons. The molecule has 4 rings (SSSR count). The normalized spacial score (nSPS) is 25.5. The number of hydrogen-bond acceptors (Lipinski definition) is 4. The van der Waals surface area contributed by atoms with Crippen LogP contribution in [0.5, 0.6) is 0 Å². The van der Waals surface area contributed by atoms with Gasteiger partial charge >= 0.3 is 6.09 Å². The predicted molar refractivity (Wildman–Crippen MR) is 88.9 cm³/mol. The van der Waals surface area contributed by atoms with Gasteiger partial charge in [0, 0.05) is 19.0 Å². The van der Waals surface area contributed by atoms with Crippen LogP contribution in [-0.4, -0.2) is 30.1 Å². The van der Waals surface area contributed by atoms with Crippen LogP contribution in [0.15, 0.2) is 60.7 Å². The minimum atomic E-state index is -0.262. The van der Waals surface area contributed by atoms with Crippen LogP contribution in [0.1, 0.15) is 17.2 Å². The molecule has 2 heterocycles. The van der Waals surface area contributed by atoms with E-state index in [-0.39, 0.29) is 24.2 Å². The lowest BCUT2D eigenvalue weighted by atomic mass is 9.93. The highest BCUT2D eigenvalue weighted by atomic mass is 16.7. The summed E-state index contributed by atoms with van der Waals surface area (Å²) in [6, 6.07) is 20.0. The lowest BCUT2D eigenvalue weighted by Crippen LogP contribution is -2.34. The molecule has 0 aliphatic carbocycles. The molecule has 5 heteroatoms. The average Bonchev–Trinajstić information content (AvgIpc) is 3.22. The molecular weight excluding hydrogens is 304 g/mol. The minimum absolute atomic E-state index is 0.0249. The first-order valence-corrected chi connectivity index (χ1v) is 8.23. The number of carbonyl (C=O) groups excluding carboxylic acids is 1. The highest BCUT2D eigenvalue weighted by molar-refractivity contribution is 5.68. The molecule has 2 fully saturated rings. The van der Waals surface area contributed by atoms with E-state index in [1.54, 1.807) is 4.90 Å². The van der Waals surface area contributed by atoms with Gasteiger partial charge in [-0.05, 0) is 11.1 Å². The number of nitrogens with zero attached hydrogens (tertiary/aromatic N) is 1. The molecular formula is C19H20N2O3. The van der Waals surface area contributed by atoms with E-state index in [4.69, 9.17) is 9.57 Å². The number of fused-ring (bicyclic) bond motifs is 1. The van der Waals surface area contributed by atoms with E-state index in [0.717, 1.165) is 11.1 Å². The van der Waals surface area contributed by atoms with Gasteiger partial charge in [0.15, 0.2) is 0 Å². The zero-order chi connectivity index (χ0) is 16.4. The molecule has 0 spiro atoms. The third-order valence-corrected chi connectivity index (χ3v) is 4.69. The second-order valence-corrected chi connectivity index (χ2v) is 6.28. The molecule has 2 aromatic rings. The van der Waals surface area contributed by atoms with Crippen molar-refractivity contribution in [2.45, 2.75) is 18.8 Å². The Morgan fingerprint density at radius 1 is 1.08 bits per heavy atom. The Bertz CT molecular complexity index is 692. The van der Waals surface area contributed by atoms with Crippen LogP contribution in [-0.2, 0) is 16.2 Å². The van der Waals surface area contributed by atoms with Gasteiger partial charge in [-0.1, -0.05) is 60.7 Å². The molecule has 24 heavy (non-hydrogen) atoms. The molecule has 2 saturated heterocycles. The van der Waals surface area contributed by atoms with Crippen LogP contribution < -0.4 is 5.48 Å². The van der Waals surface area contributed by atoms with E-state index in [1.807, 2.05) is 48.5 Å².